The average Bonchev–Trinajstić information content (AvgIpc) is 2.46. The summed E-state index contributed by atoms with van der Waals surface area (Å²) in [6, 6.07) is 8.69. The second kappa shape index (κ2) is 8.15. The Labute approximate surface area is 126 Å². The summed E-state index contributed by atoms with van der Waals surface area (Å²) >= 11 is 0. The van der Waals surface area contributed by atoms with Gasteiger partial charge in [0.1, 0.15) is 5.75 Å². The van der Waals surface area contributed by atoms with E-state index in [0.717, 1.165) is 11.3 Å². The van der Waals surface area contributed by atoms with Crippen molar-refractivity contribution < 1.29 is 24.9 Å². The first-order valence-corrected chi connectivity index (χ1v) is 6.11. The lowest BCUT2D eigenvalue weighted by molar-refractivity contribution is -0.134. The van der Waals surface area contributed by atoms with Crippen molar-refractivity contribution in [2.75, 3.05) is 0 Å². The van der Waals surface area contributed by atoms with Gasteiger partial charge in [-0.3, -0.25) is 0 Å². The molecule has 0 atom stereocenters. The largest absolute Gasteiger partial charge is 0.508 e. The molecule has 0 unspecified atom stereocenters. The van der Waals surface area contributed by atoms with E-state index in [2.05, 4.69) is 9.97 Å². The highest BCUT2D eigenvalue weighted by atomic mass is 16.4. The molecule has 3 N–H and O–H groups in total. The number of carbonyl (C=O) groups is 2. The first-order valence-electron chi connectivity index (χ1n) is 6.11. The van der Waals surface area contributed by atoms with Gasteiger partial charge in [0, 0.05) is 29.6 Å². The minimum absolute atomic E-state index is 0.251. The molecule has 0 saturated carbocycles. The quantitative estimate of drug-likeness (QED) is 0.740. The second-order valence-corrected chi connectivity index (χ2v) is 4.08. The van der Waals surface area contributed by atoms with Crippen molar-refractivity contribution in [1.29, 1.82) is 0 Å². The maximum absolute atomic E-state index is 9.55. The lowest BCUT2D eigenvalue weighted by Crippen LogP contribution is -1.91. The number of carboxylic acids is 2. The van der Waals surface area contributed by atoms with Gasteiger partial charge in [0.2, 0.25) is 0 Å². The third-order valence-corrected chi connectivity index (χ3v) is 2.29. The zero-order chi connectivity index (χ0) is 16.5. The summed E-state index contributed by atoms with van der Waals surface area (Å²) in [5, 5.41) is 24.7. The van der Waals surface area contributed by atoms with Crippen LogP contribution in [-0.4, -0.2) is 37.2 Å². The topological polar surface area (TPSA) is 121 Å². The molecule has 0 radical (unpaired) electrons. The van der Waals surface area contributed by atoms with E-state index in [0.29, 0.717) is 18.0 Å². The van der Waals surface area contributed by atoms with Gasteiger partial charge in [-0.05, 0) is 37.3 Å². The number of phenols is 1. The van der Waals surface area contributed by atoms with Crippen molar-refractivity contribution >= 4 is 11.9 Å². The van der Waals surface area contributed by atoms with Gasteiger partial charge < -0.3 is 15.3 Å². The number of phenolic OH excluding ortho intramolecular Hbond substituents is 1. The number of aromatic hydroxyl groups is 1. The molecule has 0 amide bonds. The molecule has 1 aromatic heterocycles. The molecule has 0 fully saturated rings. The minimum atomic E-state index is -1.26. The van der Waals surface area contributed by atoms with Crippen LogP contribution in [-0.2, 0) is 9.59 Å². The van der Waals surface area contributed by atoms with E-state index in [1.807, 2.05) is 13.0 Å². The molecule has 2 rings (SSSR count). The molecule has 22 heavy (non-hydrogen) atoms. The van der Waals surface area contributed by atoms with Crippen molar-refractivity contribution in [2.45, 2.75) is 6.92 Å². The first-order chi connectivity index (χ1) is 10.4. The van der Waals surface area contributed by atoms with Gasteiger partial charge in [-0.15, -0.1) is 0 Å². The summed E-state index contributed by atoms with van der Waals surface area (Å²) in [5.74, 6) is -1.58. The van der Waals surface area contributed by atoms with E-state index in [1.165, 1.54) is 0 Å². The molecule has 2 aromatic rings. The Morgan fingerprint density at radius 2 is 1.55 bits per heavy atom. The third-order valence-electron chi connectivity index (χ3n) is 2.29. The summed E-state index contributed by atoms with van der Waals surface area (Å²) in [6.45, 7) is 1.92. The number of aryl methyl sites for hydroxylation is 1. The Kier molecular flexibility index (Phi) is 6.24. The molecule has 114 valence electrons. The van der Waals surface area contributed by atoms with Crippen LogP contribution >= 0.6 is 0 Å². The molecule has 0 aliphatic carbocycles. The van der Waals surface area contributed by atoms with Gasteiger partial charge in [0.25, 0.3) is 0 Å². The second-order valence-electron chi connectivity index (χ2n) is 4.08. The molecule has 0 aliphatic heterocycles. The van der Waals surface area contributed by atoms with Crippen LogP contribution in [0.5, 0.6) is 5.75 Å². The van der Waals surface area contributed by atoms with E-state index >= 15 is 0 Å². The highest BCUT2D eigenvalue weighted by Gasteiger charge is 2.00. The predicted octanol–water partition coefficient (Wildman–Crippen LogP) is 1.87. The Morgan fingerprint density at radius 1 is 1.00 bits per heavy atom. The van der Waals surface area contributed by atoms with Gasteiger partial charge in [-0.1, -0.05) is 0 Å². The van der Waals surface area contributed by atoms with Gasteiger partial charge in [-0.2, -0.15) is 0 Å². The van der Waals surface area contributed by atoms with Gasteiger partial charge >= 0.3 is 11.9 Å². The highest BCUT2D eigenvalue weighted by molar-refractivity contribution is 5.89. The lowest BCUT2D eigenvalue weighted by atomic mass is 10.2. The molecule has 1 heterocycles. The lowest BCUT2D eigenvalue weighted by Gasteiger charge is -2.00. The first kappa shape index (κ1) is 16.8. The van der Waals surface area contributed by atoms with Crippen molar-refractivity contribution in [3.8, 4) is 17.1 Å². The smallest absolute Gasteiger partial charge is 0.328 e. The predicted molar refractivity (Wildman–Crippen MR) is 78.3 cm³/mol. The Balaban J connectivity index is 0.000000261. The molecule has 0 bridgehead atoms. The summed E-state index contributed by atoms with van der Waals surface area (Å²) in [7, 11) is 0. The number of aliphatic carboxylic acids is 2. The van der Waals surface area contributed by atoms with E-state index in [-0.39, 0.29) is 5.75 Å². The van der Waals surface area contributed by atoms with Crippen LogP contribution in [0.4, 0.5) is 0 Å². The average molecular weight is 302 g/mol. The zero-order valence-corrected chi connectivity index (χ0v) is 11.7. The van der Waals surface area contributed by atoms with E-state index in [4.69, 9.17) is 15.3 Å². The van der Waals surface area contributed by atoms with Crippen molar-refractivity contribution in [3.05, 3.63) is 54.4 Å². The summed E-state index contributed by atoms with van der Waals surface area (Å²) in [4.78, 5) is 27.5. The molecule has 7 heteroatoms. The molecule has 7 nitrogen and oxygen atoms in total. The fourth-order valence-corrected chi connectivity index (χ4v) is 1.34. The molecule has 0 saturated heterocycles. The van der Waals surface area contributed by atoms with Crippen LogP contribution < -0.4 is 0 Å². The monoisotopic (exact) mass is 302 g/mol. The maximum atomic E-state index is 9.55. The van der Waals surface area contributed by atoms with Crippen LogP contribution in [0.15, 0.2) is 48.7 Å². The normalized spacial score (nSPS) is 9.86. The van der Waals surface area contributed by atoms with Gasteiger partial charge in [-0.25, -0.2) is 19.6 Å². The summed E-state index contributed by atoms with van der Waals surface area (Å²) in [6.07, 6.45) is 2.84. The number of hydrogen-bond donors (Lipinski definition) is 3. The van der Waals surface area contributed by atoms with Crippen LogP contribution in [0.25, 0.3) is 11.4 Å². The van der Waals surface area contributed by atoms with Crippen LogP contribution in [0, 0.1) is 6.92 Å². The number of hydrogen-bond acceptors (Lipinski definition) is 5. The number of rotatable bonds is 3. The molecular weight excluding hydrogens is 288 g/mol. The van der Waals surface area contributed by atoms with E-state index in [1.54, 1.807) is 30.5 Å². The van der Waals surface area contributed by atoms with Gasteiger partial charge in [0.15, 0.2) is 5.82 Å². The minimum Gasteiger partial charge on any atom is -0.508 e. The van der Waals surface area contributed by atoms with E-state index in [9.17, 15) is 9.59 Å². The number of benzene rings is 1. The van der Waals surface area contributed by atoms with Crippen LogP contribution in [0.2, 0.25) is 0 Å². The van der Waals surface area contributed by atoms with Crippen molar-refractivity contribution in [2.24, 2.45) is 0 Å². The molecule has 0 spiro atoms. The Bertz CT molecular complexity index is 665. The fourth-order valence-electron chi connectivity index (χ4n) is 1.34. The van der Waals surface area contributed by atoms with Crippen LogP contribution in [0.3, 0.4) is 0 Å². The Hall–Kier alpha value is -3.22. The molecular formula is C15H14N2O5. The maximum Gasteiger partial charge on any atom is 0.328 e. The SMILES string of the molecule is Cc1ccnc(-c2ccc(O)cc2)n1.O=C(O)/C=C\C(=O)O. The number of nitrogens with zero attached hydrogens (tertiary/aromatic N) is 2. The van der Waals surface area contributed by atoms with Gasteiger partial charge in [0.05, 0.1) is 0 Å². The highest BCUT2D eigenvalue weighted by Crippen LogP contribution is 2.17. The summed E-state index contributed by atoms with van der Waals surface area (Å²) < 4.78 is 0. The van der Waals surface area contributed by atoms with E-state index < -0.39 is 11.9 Å². The fraction of sp³-hybridized carbons (Fsp3) is 0.0667. The van der Waals surface area contributed by atoms with Crippen molar-refractivity contribution in [3.63, 3.8) is 0 Å². The number of carboxylic acid groups (broad SMARTS) is 2. The van der Waals surface area contributed by atoms with Crippen molar-refractivity contribution in [1.82, 2.24) is 9.97 Å². The zero-order valence-electron chi connectivity index (χ0n) is 11.7. The summed E-state index contributed by atoms with van der Waals surface area (Å²) in [5.41, 5.74) is 1.84. The molecule has 1 aromatic carbocycles. The Morgan fingerprint density at radius 3 is 2.00 bits per heavy atom. The number of aromatic nitrogens is 2. The van der Waals surface area contributed by atoms with Crippen LogP contribution in [0.1, 0.15) is 5.69 Å². The standard InChI is InChI=1S/C11H10N2O.C4H4O4/c1-8-6-7-12-11(13-8)9-2-4-10(14)5-3-9;5-3(6)1-2-4(7)8/h2-7,14H,1H3;1-2H,(H,5,6)(H,7,8)/b;2-1-. The molecule has 0 aliphatic rings. The third kappa shape index (κ3) is 6.29.